The highest BCUT2D eigenvalue weighted by atomic mass is 16.6. The quantitative estimate of drug-likeness (QED) is 0.904. The van der Waals surface area contributed by atoms with Crippen LogP contribution in [0.25, 0.3) is 10.8 Å². The van der Waals surface area contributed by atoms with Gasteiger partial charge in [0.05, 0.1) is 0 Å². The Kier molecular flexibility index (Phi) is 4.60. The highest BCUT2D eigenvalue weighted by molar-refractivity contribution is 5.83. The zero-order valence-electron chi connectivity index (χ0n) is 14.6. The molecule has 1 saturated heterocycles. The maximum Gasteiger partial charge on any atom is 0.410 e. The van der Waals surface area contributed by atoms with Crippen LogP contribution < -0.4 is 5.32 Å². The molecule has 3 rings (SSSR count). The molecule has 1 N–H and O–H groups in total. The van der Waals surface area contributed by atoms with Gasteiger partial charge in [-0.15, -0.1) is 0 Å². The molecule has 24 heavy (non-hydrogen) atoms. The summed E-state index contributed by atoms with van der Waals surface area (Å²) in [6.45, 7) is 7.07. The van der Waals surface area contributed by atoms with Crippen molar-refractivity contribution in [2.75, 3.05) is 18.4 Å². The summed E-state index contributed by atoms with van der Waals surface area (Å²) in [4.78, 5) is 18.5. The number of fused-ring (bicyclic) bond motifs is 1. The highest BCUT2D eigenvalue weighted by Gasteiger charge is 2.27. The summed E-state index contributed by atoms with van der Waals surface area (Å²) in [6, 6.07) is 10.4. The topological polar surface area (TPSA) is 54.5 Å². The molecule has 1 aromatic carbocycles. The molecule has 2 heterocycles. The lowest BCUT2D eigenvalue weighted by Gasteiger charge is -2.34. The van der Waals surface area contributed by atoms with Crippen molar-refractivity contribution in [3.8, 4) is 0 Å². The van der Waals surface area contributed by atoms with Gasteiger partial charge in [-0.3, -0.25) is 0 Å². The van der Waals surface area contributed by atoms with Crippen molar-refractivity contribution in [2.45, 2.75) is 45.3 Å². The van der Waals surface area contributed by atoms with E-state index in [1.807, 2.05) is 39.1 Å². The molecule has 5 nitrogen and oxygen atoms in total. The third-order valence-electron chi connectivity index (χ3n) is 4.06. The molecule has 1 atom stereocenters. The Morgan fingerprint density at radius 2 is 2.04 bits per heavy atom. The molecule has 0 radical (unpaired) electrons. The maximum absolute atomic E-state index is 12.2. The number of amides is 1. The van der Waals surface area contributed by atoms with Gasteiger partial charge in [0.25, 0.3) is 0 Å². The zero-order valence-corrected chi connectivity index (χ0v) is 14.6. The van der Waals surface area contributed by atoms with E-state index in [-0.39, 0.29) is 12.1 Å². The number of piperidine rings is 1. The van der Waals surface area contributed by atoms with Crippen molar-refractivity contribution in [2.24, 2.45) is 0 Å². The van der Waals surface area contributed by atoms with E-state index in [1.165, 1.54) is 0 Å². The Labute approximate surface area is 143 Å². The van der Waals surface area contributed by atoms with Crippen LogP contribution in [0.15, 0.2) is 36.5 Å². The number of carbonyl (C=O) groups is 1. The Balaban J connectivity index is 1.65. The van der Waals surface area contributed by atoms with Crippen LogP contribution in [-0.2, 0) is 4.74 Å². The fourth-order valence-electron chi connectivity index (χ4n) is 2.96. The standard InChI is InChI=1S/C19H25N3O2/c1-19(2,3)24-18(23)22-10-6-9-16(13-22)21-17-11-14-7-4-5-8-15(14)12-20-17/h4-5,7-8,11-12,16H,6,9-10,13H2,1-3H3,(H,20,21). The number of hydrogen-bond donors (Lipinski definition) is 1. The van der Waals surface area contributed by atoms with Crippen molar-refractivity contribution in [1.29, 1.82) is 0 Å². The second kappa shape index (κ2) is 6.67. The number of nitrogens with zero attached hydrogens (tertiary/aromatic N) is 2. The minimum absolute atomic E-state index is 0.194. The number of benzene rings is 1. The Morgan fingerprint density at radius 1 is 1.29 bits per heavy atom. The largest absolute Gasteiger partial charge is 0.444 e. The fraction of sp³-hybridized carbons (Fsp3) is 0.474. The molecule has 0 spiro atoms. The molecule has 1 fully saturated rings. The molecule has 1 amide bonds. The number of likely N-dealkylation sites (tertiary alicyclic amines) is 1. The summed E-state index contributed by atoms with van der Waals surface area (Å²) in [5.74, 6) is 0.852. The Bertz CT molecular complexity index is 724. The van der Waals surface area contributed by atoms with E-state index >= 15 is 0 Å². The van der Waals surface area contributed by atoms with Gasteiger partial charge in [0.2, 0.25) is 0 Å². The van der Waals surface area contributed by atoms with Gasteiger partial charge in [-0.2, -0.15) is 0 Å². The van der Waals surface area contributed by atoms with Crippen LogP contribution in [0.5, 0.6) is 0 Å². The molecule has 128 valence electrons. The fourth-order valence-corrected chi connectivity index (χ4v) is 2.96. The second-order valence-corrected chi connectivity index (χ2v) is 7.33. The van der Waals surface area contributed by atoms with Gasteiger partial charge in [0.1, 0.15) is 11.4 Å². The smallest absolute Gasteiger partial charge is 0.410 e. The van der Waals surface area contributed by atoms with Crippen LogP contribution in [0.2, 0.25) is 0 Å². The number of anilines is 1. The Hall–Kier alpha value is -2.30. The van der Waals surface area contributed by atoms with Crippen LogP contribution in [0.4, 0.5) is 10.6 Å². The van der Waals surface area contributed by atoms with Gasteiger partial charge in [0, 0.05) is 30.7 Å². The maximum atomic E-state index is 12.2. The van der Waals surface area contributed by atoms with E-state index in [4.69, 9.17) is 4.74 Å². The molecule has 1 aliphatic heterocycles. The molecular weight excluding hydrogens is 302 g/mol. The van der Waals surface area contributed by atoms with E-state index in [0.717, 1.165) is 36.0 Å². The lowest BCUT2D eigenvalue weighted by Crippen LogP contribution is -2.47. The normalized spacial score (nSPS) is 18.5. The van der Waals surface area contributed by atoms with Crippen molar-refractivity contribution >= 4 is 22.7 Å². The van der Waals surface area contributed by atoms with Crippen LogP contribution >= 0.6 is 0 Å². The lowest BCUT2D eigenvalue weighted by molar-refractivity contribution is 0.0206. The molecule has 2 aromatic rings. The summed E-state index contributed by atoms with van der Waals surface area (Å²) in [7, 11) is 0. The summed E-state index contributed by atoms with van der Waals surface area (Å²) < 4.78 is 5.48. The van der Waals surface area contributed by atoms with Crippen molar-refractivity contribution < 1.29 is 9.53 Å². The summed E-state index contributed by atoms with van der Waals surface area (Å²) in [5.41, 5.74) is -0.461. The predicted octanol–water partition coefficient (Wildman–Crippen LogP) is 4.05. The van der Waals surface area contributed by atoms with Gasteiger partial charge >= 0.3 is 6.09 Å². The minimum Gasteiger partial charge on any atom is -0.444 e. The molecule has 0 aliphatic carbocycles. The molecule has 0 saturated carbocycles. The third-order valence-corrected chi connectivity index (χ3v) is 4.06. The van der Waals surface area contributed by atoms with Crippen LogP contribution in [0, 0.1) is 0 Å². The van der Waals surface area contributed by atoms with Gasteiger partial charge in [-0.25, -0.2) is 9.78 Å². The average Bonchev–Trinajstić information content (AvgIpc) is 2.53. The number of nitrogens with one attached hydrogen (secondary N) is 1. The number of ether oxygens (including phenoxy) is 1. The van der Waals surface area contributed by atoms with E-state index in [1.54, 1.807) is 4.90 Å². The summed E-state index contributed by atoms with van der Waals surface area (Å²) in [6.07, 6.45) is 3.63. The average molecular weight is 327 g/mol. The molecule has 1 aromatic heterocycles. The highest BCUT2D eigenvalue weighted by Crippen LogP contribution is 2.20. The number of rotatable bonds is 2. The predicted molar refractivity (Wildman–Crippen MR) is 96.2 cm³/mol. The van der Waals surface area contributed by atoms with Gasteiger partial charge in [-0.1, -0.05) is 24.3 Å². The first-order valence-electron chi connectivity index (χ1n) is 8.50. The molecule has 1 unspecified atom stereocenters. The summed E-state index contributed by atoms with van der Waals surface area (Å²) in [5, 5.41) is 5.75. The first kappa shape index (κ1) is 16.6. The second-order valence-electron chi connectivity index (χ2n) is 7.33. The van der Waals surface area contributed by atoms with Crippen molar-refractivity contribution in [3.05, 3.63) is 36.5 Å². The van der Waals surface area contributed by atoms with Gasteiger partial charge < -0.3 is 15.0 Å². The number of aromatic nitrogens is 1. The number of pyridine rings is 1. The number of hydrogen-bond acceptors (Lipinski definition) is 4. The molecule has 1 aliphatic rings. The van der Waals surface area contributed by atoms with Crippen LogP contribution in [-0.4, -0.2) is 40.7 Å². The van der Waals surface area contributed by atoms with Crippen molar-refractivity contribution in [3.63, 3.8) is 0 Å². The zero-order chi connectivity index (χ0) is 17.2. The summed E-state index contributed by atoms with van der Waals surface area (Å²) >= 11 is 0. The van der Waals surface area contributed by atoms with Gasteiger partial charge in [-0.05, 0) is 45.1 Å². The van der Waals surface area contributed by atoms with E-state index in [0.29, 0.717) is 6.54 Å². The van der Waals surface area contributed by atoms with E-state index < -0.39 is 5.60 Å². The molecule has 5 heteroatoms. The molecular formula is C19H25N3O2. The first-order chi connectivity index (χ1) is 11.4. The van der Waals surface area contributed by atoms with E-state index in [2.05, 4.69) is 28.5 Å². The van der Waals surface area contributed by atoms with E-state index in [9.17, 15) is 4.79 Å². The third kappa shape index (κ3) is 4.16. The van der Waals surface area contributed by atoms with Gasteiger partial charge in [0.15, 0.2) is 0 Å². The Morgan fingerprint density at radius 3 is 2.79 bits per heavy atom. The van der Waals surface area contributed by atoms with Crippen LogP contribution in [0.1, 0.15) is 33.6 Å². The monoisotopic (exact) mass is 327 g/mol. The SMILES string of the molecule is CC(C)(C)OC(=O)N1CCCC(Nc2cc3ccccc3cn2)C1. The van der Waals surface area contributed by atoms with Crippen molar-refractivity contribution in [1.82, 2.24) is 9.88 Å². The number of carbonyl (C=O) groups excluding carboxylic acids is 1. The minimum atomic E-state index is -0.461. The first-order valence-corrected chi connectivity index (χ1v) is 8.50. The van der Waals surface area contributed by atoms with Crippen LogP contribution in [0.3, 0.4) is 0 Å². The lowest BCUT2D eigenvalue weighted by atomic mass is 10.1. The molecule has 0 bridgehead atoms.